The lowest BCUT2D eigenvalue weighted by Crippen LogP contribution is -2.35. The van der Waals surface area contributed by atoms with E-state index in [0.29, 0.717) is 16.9 Å². The van der Waals surface area contributed by atoms with Crippen LogP contribution in [0.25, 0.3) is 0 Å². The Kier molecular flexibility index (Phi) is 3.19. The molecular formula is C13H17NO3S. The fourth-order valence-electron chi connectivity index (χ4n) is 2.13. The molecule has 1 saturated carbocycles. The van der Waals surface area contributed by atoms with Gasteiger partial charge in [0.2, 0.25) is 5.91 Å². The Morgan fingerprint density at radius 2 is 1.94 bits per heavy atom. The molecule has 1 aliphatic carbocycles. The van der Waals surface area contributed by atoms with E-state index < -0.39 is 15.4 Å². The van der Waals surface area contributed by atoms with Crippen LogP contribution >= 0.6 is 0 Å². The summed E-state index contributed by atoms with van der Waals surface area (Å²) in [5.74, 6) is -0.0456. The van der Waals surface area contributed by atoms with Gasteiger partial charge in [0.15, 0.2) is 9.84 Å². The zero-order chi connectivity index (χ0) is 13.4. The average Bonchev–Trinajstić information content (AvgIpc) is 3.09. The van der Waals surface area contributed by atoms with Gasteiger partial charge in [-0.05, 0) is 24.5 Å². The molecule has 1 fully saturated rings. The summed E-state index contributed by atoms with van der Waals surface area (Å²) in [4.78, 5) is 11.9. The fourth-order valence-corrected chi connectivity index (χ4v) is 3.12. The van der Waals surface area contributed by atoms with Crippen molar-refractivity contribution in [1.29, 1.82) is 0 Å². The summed E-state index contributed by atoms with van der Waals surface area (Å²) in [5, 5.41) is 2.94. The highest BCUT2D eigenvalue weighted by Gasteiger charge is 2.47. The van der Waals surface area contributed by atoms with Crippen molar-refractivity contribution < 1.29 is 13.2 Å². The van der Waals surface area contributed by atoms with Crippen LogP contribution in [-0.2, 0) is 20.2 Å². The quantitative estimate of drug-likeness (QED) is 0.901. The van der Waals surface area contributed by atoms with Crippen LogP contribution in [0.2, 0.25) is 0 Å². The molecule has 4 nitrogen and oxygen atoms in total. The number of amides is 1. The van der Waals surface area contributed by atoms with Crippen LogP contribution in [0.3, 0.4) is 0 Å². The number of hydrogen-bond acceptors (Lipinski definition) is 3. The first-order valence-electron chi connectivity index (χ1n) is 5.99. The first-order valence-corrected chi connectivity index (χ1v) is 7.89. The molecule has 0 atom stereocenters. The Hall–Kier alpha value is -1.36. The third kappa shape index (κ3) is 2.41. The molecule has 0 saturated heterocycles. The maximum absolute atomic E-state index is 11.8. The van der Waals surface area contributed by atoms with Crippen LogP contribution in [0, 0.1) is 0 Å². The number of hydrogen-bond donors (Lipinski definition) is 1. The van der Waals surface area contributed by atoms with Gasteiger partial charge in [-0.3, -0.25) is 4.79 Å². The second-order valence-electron chi connectivity index (χ2n) is 4.75. The van der Waals surface area contributed by atoms with Gasteiger partial charge in [0.25, 0.3) is 0 Å². The van der Waals surface area contributed by atoms with Crippen LogP contribution in [0.15, 0.2) is 29.2 Å². The minimum absolute atomic E-state index is 0.0456. The smallest absolute Gasteiger partial charge is 0.220 e. The first-order chi connectivity index (χ1) is 8.39. The van der Waals surface area contributed by atoms with Gasteiger partial charge in [-0.1, -0.05) is 25.1 Å². The van der Waals surface area contributed by atoms with E-state index in [2.05, 4.69) is 5.32 Å². The van der Waals surface area contributed by atoms with Crippen LogP contribution < -0.4 is 5.32 Å². The Morgan fingerprint density at radius 3 is 2.44 bits per heavy atom. The molecule has 0 unspecified atom stereocenters. The van der Waals surface area contributed by atoms with Gasteiger partial charge in [0.05, 0.1) is 10.4 Å². The molecule has 1 aromatic rings. The van der Waals surface area contributed by atoms with E-state index in [-0.39, 0.29) is 5.91 Å². The molecule has 0 aliphatic heterocycles. The second-order valence-corrected chi connectivity index (χ2v) is 6.74. The summed E-state index contributed by atoms with van der Waals surface area (Å²) in [5.41, 5.74) is 0.251. The number of carbonyl (C=O) groups excluding carboxylic acids is 1. The standard InChI is InChI=1S/C13H17NO3S/c1-3-12(15)14-13(8-9-13)10-6-4-5-7-11(10)18(2,16)17/h4-7H,3,8-9H2,1-2H3,(H,14,15). The fraction of sp³-hybridized carbons (Fsp3) is 0.462. The van der Waals surface area contributed by atoms with E-state index >= 15 is 0 Å². The Morgan fingerprint density at radius 1 is 1.33 bits per heavy atom. The molecule has 1 aliphatic rings. The first kappa shape index (κ1) is 13.1. The van der Waals surface area contributed by atoms with Crippen molar-refractivity contribution in [3.05, 3.63) is 29.8 Å². The summed E-state index contributed by atoms with van der Waals surface area (Å²) in [7, 11) is -3.27. The van der Waals surface area contributed by atoms with Crippen molar-refractivity contribution >= 4 is 15.7 Å². The molecule has 2 rings (SSSR count). The van der Waals surface area contributed by atoms with E-state index in [1.54, 1.807) is 25.1 Å². The molecular weight excluding hydrogens is 250 g/mol. The lowest BCUT2D eigenvalue weighted by molar-refractivity contribution is -0.121. The SMILES string of the molecule is CCC(=O)NC1(c2ccccc2S(C)(=O)=O)CC1. The number of benzene rings is 1. The minimum Gasteiger partial charge on any atom is -0.347 e. The maximum atomic E-state index is 11.8. The van der Waals surface area contributed by atoms with Crippen molar-refractivity contribution in [2.24, 2.45) is 0 Å². The lowest BCUT2D eigenvalue weighted by Gasteiger charge is -2.20. The summed E-state index contributed by atoms with van der Waals surface area (Å²) >= 11 is 0. The number of sulfone groups is 1. The molecule has 18 heavy (non-hydrogen) atoms. The highest BCUT2D eigenvalue weighted by Crippen LogP contribution is 2.47. The Labute approximate surface area is 107 Å². The van der Waals surface area contributed by atoms with Crippen LogP contribution in [0.5, 0.6) is 0 Å². The average molecular weight is 267 g/mol. The molecule has 5 heteroatoms. The molecule has 1 amide bonds. The molecule has 0 heterocycles. The topological polar surface area (TPSA) is 63.2 Å². The number of nitrogens with one attached hydrogen (secondary N) is 1. The molecule has 0 bridgehead atoms. The maximum Gasteiger partial charge on any atom is 0.220 e. The van der Waals surface area contributed by atoms with Crippen molar-refractivity contribution in [2.45, 2.75) is 36.6 Å². The monoisotopic (exact) mass is 267 g/mol. The third-order valence-corrected chi connectivity index (χ3v) is 4.41. The largest absolute Gasteiger partial charge is 0.347 e. The second kappa shape index (κ2) is 4.39. The van der Waals surface area contributed by atoms with Gasteiger partial charge >= 0.3 is 0 Å². The number of rotatable bonds is 4. The zero-order valence-corrected chi connectivity index (χ0v) is 11.4. The zero-order valence-electron chi connectivity index (χ0n) is 10.6. The van der Waals surface area contributed by atoms with Gasteiger partial charge in [-0.15, -0.1) is 0 Å². The van der Waals surface area contributed by atoms with E-state index in [1.165, 1.54) is 6.26 Å². The summed E-state index contributed by atoms with van der Waals surface area (Å²) in [6.45, 7) is 1.79. The van der Waals surface area contributed by atoms with Gasteiger partial charge in [-0.2, -0.15) is 0 Å². The molecule has 1 N–H and O–H groups in total. The van der Waals surface area contributed by atoms with E-state index in [4.69, 9.17) is 0 Å². The molecule has 0 spiro atoms. The van der Waals surface area contributed by atoms with Crippen molar-refractivity contribution in [1.82, 2.24) is 5.32 Å². The Balaban J connectivity index is 2.43. The molecule has 0 aromatic heterocycles. The minimum atomic E-state index is -3.27. The van der Waals surface area contributed by atoms with Gasteiger partial charge < -0.3 is 5.32 Å². The normalized spacial score (nSPS) is 17.2. The van der Waals surface area contributed by atoms with Gasteiger partial charge in [0.1, 0.15) is 0 Å². The predicted octanol–water partition coefficient (Wildman–Crippen LogP) is 1.61. The number of carbonyl (C=O) groups is 1. The van der Waals surface area contributed by atoms with Gasteiger partial charge in [0, 0.05) is 12.7 Å². The highest BCUT2D eigenvalue weighted by molar-refractivity contribution is 7.90. The van der Waals surface area contributed by atoms with Crippen LogP contribution in [0.4, 0.5) is 0 Å². The van der Waals surface area contributed by atoms with Crippen LogP contribution in [-0.4, -0.2) is 20.6 Å². The predicted molar refractivity (Wildman–Crippen MR) is 68.9 cm³/mol. The van der Waals surface area contributed by atoms with E-state index in [1.807, 2.05) is 6.07 Å². The molecule has 98 valence electrons. The summed E-state index contributed by atoms with van der Waals surface area (Å²) in [6.07, 6.45) is 3.20. The lowest BCUT2D eigenvalue weighted by atomic mass is 10.0. The van der Waals surface area contributed by atoms with Crippen molar-refractivity contribution in [2.75, 3.05) is 6.26 Å². The molecule has 1 aromatic carbocycles. The van der Waals surface area contributed by atoms with Gasteiger partial charge in [-0.25, -0.2) is 8.42 Å². The highest BCUT2D eigenvalue weighted by atomic mass is 32.2. The third-order valence-electron chi connectivity index (χ3n) is 3.25. The van der Waals surface area contributed by atoms with Crippen molar-refractivity contribution in [3.8, 4) is 0 Å². The van der Waals surface area contributed by atoms with E-state index in [9.17, 15) is 13.2 Å². The Bertz CT molecular complexity index is 574. The molecule has 0 radical (unpaired) electrons. The van der Waals surface area contributed by atoms with Crippen LogP contribution in [0.1, 0.15) is 31.7 Å². The van der Waals surface area contributed by atoms with E-state index in [0.717, 1.165) is 12.8 Å². The summed E-state index contributed by atoms with van der Waals surface area (Å²) < 4.78 is 23.5. The van der Waals surface area contributed by atoms with Crippen molar-refractivity contribution in [3.63, 3.8) is 0 Å². The summed E-state index contributed by atoms with van der Waals surface area (Å²) in [6, 6.07) is 6.90.